The number of thiophene rings is 1. The van der Waals surface area contributed by atoms with E-state index in [4.69, 9.17) is 27.9 Å². The van der Waals surface area contributed by atoms with E-state index in [9.17, 15) is 4.39 Å². The van der Waals surface area contributed by atoms with Crippen molar-refractivity contribution >= 4 is 34.5 Å². The zero-order valence-electron chi connectivity index (χ0n) is 13.9. The summed E-state index contributed by atoms with van der Waals surface area (Å²) in [5.41, 5.74) is 0.593. The molecular formula is C21H15Cl2FOS. The molecule has 1 aliphatic carbocycles. The van der Waals surface area contributed by atoms with Crippen molar-refractivity contribution in [3.63, 3.8) is 0 Å². The molecule has 2 aliphatic rings. The minimum Gasteiger partial charge on any atom is -0.477 e. The van der Waals surface area contributed by atoms with Gasteiger partial charge >= 0.3 is 0 Å². The molecule has 5 heteroatoms. The minimum absolute atomic E-state index is 0.106. The van der Waals surface area contributed by atoms with Crippen LogP contribution in [0.3, 0.4) is 0 Å². The van der Waals surface area contributed by atoms with Crippen molar-refractivity contribution in [3.8, 4) is 5.75 Å². The van der Waals surface area contributed by atoms with Crippen molar-refractivity contribution in [2.45, 2.75) is 22.8 Å². The fraction of sp³-hybridized carbons (Fsp3) is 0.238. The maximum atomic E-state index is 13.5. The first-order valence-electron chi connectivity index (χ1n) is 8.39. The highest BCUT2D eigenvalue weighted by Gasteiger charge is 2.92. The van der Waals surface area contributed by atoms with Crippen LogP contribution in [0.4, 0.5) is 4.39 Å². The number of halogens is 3. The van der Waals surface area contributed by atoms with Crippen LogP contribution in [0.2, 0.25) is 0 Å². The second-order valence-electron chi connectivity index (χ2n) is 7.06. The lowest BCUT2D eigenvalue weighted by atomic mass is 9.75. The van der Waals surface area contributed by atoms with Gasteiger partial charge in [-0.3, -0.25) is 0 Å². The predicted molar refractivity (Wildman–Crippen MR) is 104 cm³/mol. The van der Waals surface area contributed by atoms with Gasteiger partial charge in [-0.05, 0) is 35.2 Å². The molecule has 2 heterocycles. The lowest BCUT2D eigenvalue weighted by Crippen LogP contribution is -2.32. The van der Waals surface area contributed by atoms with Gasteiger partial charge in [0.15, 0.2) is 9.93 Å². The Labute approximate surface area is 165 Å². The van der Waals surface area contributed by atoms with Gasteiger partial charge in [-0.25, -0.2) is 4.39 Å². The van der Waals surface area contributed by atoms with Gasteiger partial charge in [-0.15, -0.1) is 11.3 Å². The van der Waals surface area contributed by atoms with E-state index in [1.54, 1.807) is 11.3 Å². The zero-order valence-corrected chi connectivity index (χ0v) is 16.2. The maximum Gasteiger partial charge on any atom is 0.186 e. The molecule has 0 spiro atoms. The molecule has 2 aromatic carbocycles. The van der Waals surface area contributed by atoms with Gasteiger partial charge < -0.3 is 4.74 Å². The topological polar surface area (TPSA) is 9.23 Å². The number of ether oxygens (including phenoxy) is 1. The molecule has 0 unspecified atom stereocenters. The molecule has 5 rings (SSSR count). The van der Waals surface area contributed by atoms with Gasteiger partial charge in [-0.1, -0.05) is 66.5 Å². The summed E-state index contributed by atoms with van der Waals surface area (Å²) >= 11 is 15.5. The van der Waals surface area contributed by atoms with E-state index < -0.39 is 15.3 Å². The highest BCUT2D eigenvalue weighted by Crippen LogP contribution is 2.85. The van der Waals surface area contributed by atoms with Crippen molar-refractivity contribution in [1.29, 1.82) is 0 Å². The quantitative estimate of drug-likeness (QED) is 0.442. The first kappa shape index (κ1) is 16.6. The smallest absolute Gasteiger partial charge is 0.186 e. The number of benzene rings is 2. The molecule has 0 bridgehead atoms. The van der Waals surface area contributed by atoms with Crippen molar-refractivity contribution in [2.24, 2.45) is 5.41 Å². The molecule has 0 radical (unpaired) electrons. The van der Waals surface area contributed by atoms with Crippen LogP contribution < -0.4 is 4.74 Å². The Bertz CT molecular complexity index is 986. The summed E-state index contributed by atoms with van der Waals surface area (Å²) in [5, 5.41) is 2.00. The summed E-state index contributed by atoms with van der Waals surface area (Å²) in [7, 11) is 0. The molecule has 1 fully saturated rings. The molecule has 1 nitrogen and oxygen atoms in total. The molecule has 0 saturated heterocycles. The highest BCUT2D eigenvalue weighted by atomic mass is 35.5. The van der Waals surface area contributed by atoms with Crippen molar-refractivity contribution < 1.29 is 9.13 Å². The second-order valence-corrected chi connectivity index (χ2v) is 9.33. The van der Waals surface area contributed by atoms with Gasteiger partial charge in [0.2, 0.25) is 0 Å². The number of fused-ring (bicyclic) bond motifs is 2. The number of hydrogen-bond donors (Lipinski definition) is 0. The fourth-order valence-electron chi connectivity index (χ4n) is 4.57. The molecule has 0 amide bonds. The Balaban J connectivity index is 1.79. The zero-order chi connectivity index (χ0) is 18.2. The third-order valence-electron chi connectivity index (χ3n) is 5.91. The second kappa shape index (κ2) is 5.25. The molecule has 0 N–H and O–H groups in total. The maximum absolute atomic E-state index is 13.5. The normalized spacial score (nSPS) is 30.8. The van der Waals surface area contributed by atoms with Crippen molar-refractivity contribution in [3.05, 3.63) is 87.9 Å². The van der Waals surface area contributed by atoms with Gasteiger partial charge in [0.1, 0.15) is 11.6 Å². The Morgan fingerprint density at radius 2 is 1.73 bits per heavy atom. The van der Waals surface area contributed by atoms with Crippen LogP contribution in [0.5, 0.6) is 5.75 Å². The van der Waals surface area contributed by atoms with E-state index >= 15 is 0 Å². The predicted octanol–water partition coefficient (Wildman–Crippen LogP) is 6.50. The van der Waals surface area contributed by atoms with Crippen molar-refractivity contribution in [2.75, 3.05) is 0 Å². The van der Waals surface area contributed by atoms with E-state index in [-0.39, 0.29) is 11.7 Å². The van der Waals surface area contributed by atoms with Crippen LogP contribution in [0.25, 0.3) is 0 Å². The van der Waals surface area contributed by atoms with Gasteiger partial charge in [0, 0.05) is 11.5 Å². The van der Waals surface area contributed by atoms with Crippen LogP contribution in [-0.2, 0) is 5.60 Å². The monoisotopic (exact) mass is 404 g/mol. The highest BCUT2D eigenvalue weighted by molar-refractivity contribution is 7.10. The average molecular weight is 405 g/mol. The third-order valence-corrected chi connectivity index (χ3v) is 8.19. The molecule has 1 aromatic heterocycles. The van der Waals surface area contributed by atoms with E-state index in [1.807, 2.05) is 53.9 Å². The van der Waals surface area contributed by atoms with E-state index in [0.717, 1.165) is 21.8 Å². The molecule has 1 aliphatic heterocycles. The average Bonchev–Trinajstić information content (AvgIpc) is 3.02. The molecule has 1 saturated carbocycles. The summed E-state index contributed by atoms with van der Waals surface area (Å²) < 4.78 is 18.9. The summed E-state index contributed by atoms with van der Waals surface area (Å²) in [4.78, 5) is 1.01. The summed E-state index contributed by atoms with van der Waals surface area (Å²) in [6, 6.07) is 18.5. The number of para-hydroxylation sites is 1. The lowest BCUT2D eigenvalue weighted by molar-refractivity contribution is 0.105. The van der Waals surface area contributed by atoms with E-state index in [2.05, 4.69) is 6.92 Å². The van der Waals surface area contributed by atoms with Crippen LogP contribution in [0, 0.1) is 11.2 Å². The number of rotatable bonds is 2. The molecule has 26 heavy (non-hydrogen) atoms. The first-order chi connectivity index (χ1) is 12.4. The van der Waals surface area contributed by atoms with Crippen LogP contribution >= 0.6 is 34.5 Å². The largest absolute Gasteiger partial charge is 0.477 e. The van der Waals surface area contributed by atoms with Crippen LogP contribution in [0.15, 0.2) is 66.0 Å². The number of hydrogen-bond acceptors (Lipinski definition) is 2. The Morgan fingerprint density at radius 1 is 1.00 bits per heavy atom. The summed E-state index contributed by atoms with van der Waals surface area (Å²) in [5.74, 6) is 0.406. The number of alkyl halides is 2. The molecule has 3 atom stereocenters. The first-order valence-corrected chi connectivity index (χ1v) is 10.0. The molecular weight excluding hydrogens is 390 g/mol. The molecule has 132 valence electrons. The Morgan fingerprint density at radius 3 is 2.42 bits per heavy atom. The summed E-state index contributed by atoms with van der Waals surface area (Å²) in [6.45, 7) is 2.07. The SMILES string of the molecule is C[C@@]12[C@H](c3ccc(F)cc3)c3ccccc3O[C@]1(c1cccs1)C2(Cl)Cl. The van der Waals surface area contributed by atoms with E-state index in [1.165, 1.54) is 12.1 Å². The standard InChI is InChI=1S/C21H15Cl2FOS/c1-19-18(13-8-10-14(24)11-9-13)15-5-2-3-6-16(15)25-20(19,21(19,22)23)17-7-4-12-26-17/h2-12,18H,1H3/t18-,19-,20+/m1/s1. The van der Waals surface area contributed by atoms with Gasteiger partial charge in [0.25, 0.3) is 0 Å². The Kier molecular flexibility index (Phi) is 3.35. The van der Waals surface area contributed by atoms with Crippen molar-refractivity contribution in [1.82, 2.24) is 0 Å². The Hall–Kier alpha value is -1.55. The third kappa shape index (κ3) is 1.77. The summed E-state index contributed by atoms with van der Waals surface area (Å²) in [6.07, 6.45) is 0. The van der Waals surface area contributed by atoms with Gasteiger partial charge in [0.05, 0.1) is 10.3 Å². The molecule has 3 aromatic rings. The lowest BCUT2D eigenvalue weighted by Gasteiger charge is -2.36. The van der Waals surface area contributed by atoms with Gasteiger partial charge in [-0.2, -0.15) is 0 Å². The fourth-order valence-corrected chi connectivity index (χ4v) is 6.78. The minimum atomic E-state index is -1.11. The van der Waals surface area contributed by atoms with Crippen LogP contribution in [-0.4, -0.2) is 4.33 Å². The van der Waals surface area contributed by atoms with E-state index in [0.29, 0.717) is 0 Å². The van der Waals surface area contributed by atoms with Crippen LogP contribution in [0.1, 0.15) is 28.8 Å².